The number of aromatic nitrogens is 2. The number of nitrogens with one attached hydrogen (secondary N) is 2. The number of hydrogen-bond acceptors (Lipinski definition) is 2. The van der Waals surface area contributed by atoms with E-state index in [9.17, 15) is 4.79 Å². The van der Waals surface area contributed by atoms with Crippen molar-refractivity contribution in [3.8, 4) is 0 Å². The highest BCUT2D eigenvalue weighted by molar-refractivity contribution is 5.76. The van der Waals surface area contributed by atoms with E-state index in [2.05, 4.69) is 15.3 Å². The third-order valence-electron chi connectivity index (χ3n) is 2.57. The highest BCUT2D eigenvalue weighted by atomic mass is 16.1. The summed E-state index contributed by atoms with van der Waals surface area (Å²) in [6.07, 6.45) is 9.69. The van der Waals surface area contributed by atoms with Crippen molar-refractivity contribution >= 4 is 5.91 Å². The van der Waals surface area contributed by atoms with Crippen LogP contribution in [0, 0.1) is 0 Å². The first kappa shape index (κ1) is 13.7. The van der Waals surface area contributed by atoms with E-state index in [0.717, 1.165) is 37.9 Å². The van der Waals surface area contributed by atoms with Crippen molar-refractivity contribution < 1.29 is 4.79 Å². The molecule has 0 spiro atoms. The zero-order chi connectivity index (χ0) is 12.5. The minimum absolute atomic E-state index is 0.172. The van der Waals surface area contributed by atoms with Crippen LogP contribution in [-0.2, 0) is 11.2 Å². The molecule has 0 unspecified atom stereocenters. The third-order valence-corrected chi connectivity index (χ3v) is 2.57. The van der Waals surface area contributed by atoms with Gasteiger partial charge in [0, 0.05) is 31.3 Å². The standard InChI is InChI=1S/C13H23N3O/c1-11(2)16-13(17)8-6-4-3-5-7-12-14-9-10-15-12/h9-11H,3-8H2,1-2H3,(H,14,15)(H,16,17). The zero-order valence-electron chi connectivity index (χ0n) is 10.8. The Morgan fingerprint density at radius 3 is 2.76 bits per heavy atom. The molecule has 0 aliphatic heterocycles. The van der Waals surface area contributed by atoms with Gasteiger partial charge in [-0.05, 0) is 26.7 Å². The molecule has 4 heteroatoms. The van der Waals surface area contributed by atoms with Crippen molar-refractivity contribution in [2.24, 2.45) is 0 Å². The molecule has 4 nitrogen and oxygen atoms in total. The average Bonchev–Trinajstić information content (AvgIpc) is 2.75. The van der Waals surface area contributed by atoms with Crippen molar-refractivity contribution in [1.29, 1.82) is 0 Å². The van der Waals surface area contributed by atoms with E-state index in [1.165, 1.54) is 0 Å². The van der Waals surface area contributed by atoms with Gasteiger partial charge in [-0.15, -0.1) is 0 Å². The number of carbonyl (C=O) groups excluding carboxylic acids is 1. The van der Waals surface area contributed by atoms with E-state index in [4.69, 9.17) is 0 Å². The molecule has 0 atom stereocenters. The smallest absolute Gasteiger partial charge is 0.220 e. The second kappa shape index (κ2) is 7.87. The zero-order valence-corrected chi connectivity index (χ0v) is 10.8. The van der Waals surface area contributed by atoms with Crippen LogP contribution in [0.4, 0.5) is 0 Å². The lowest BCUT2D eigenvalue weighted by Gasteiger charge is -2.07. The number of imidazole rings is 1. The average molecular weight is 237 g/mol. The molecule has 0 aromatic carbocycles. The molecule has 0 saturated carbocycles. The molecule has 0 aliphatic carbocycles. The Labute approximate surface area is 103 Å². The van der Waals surface area contributed by atoms with Crippen LogP contribution in [0.5, 0.6) is 0 Å². The van der Waals surface area contributed by atoms with Crippen LogP contribution in [0.1, 0.15) is 51.8 Å². The quantitative estimate of drug-likeness (QED) is 0.682. The molecular weight excluding hydrogens is 214 g/mol. The van der Waals surface area contributed by atoms with Gasteiger partial charge in [-0.3, -0.25) is 4.79 Å². The maximum atomic E-state index is 11.3. The number of aromatic amines is 1. The topological polar surface area (TPSA) is 57.8 Å². The molecular formula is C13H23N3O. The number of aryl methyl sites for hydroxylation is 1. The van der Waals surface area contributed by atoms with E-state index in [1.807, 2.05) is 20.0 Å². The summed E-state index contributed by atoms with van der Waals surface area (Å²) in [7, 11) is 0. The predicted octanol–water partition coefficient (Wildman–Crippen LogP) is 2.43. The summed E-state index contributed by atoms with van der Waals surface area (Å²) in [5, 5.41) is 2.90. The lowest BCUT2D eigenvalue weighted by atomic mass is 10.1. The van der Waals surface area contributed by atoms with E-state index in [0.29, 0.717) is 6.42 Å². The molecule has 1 amide bonds. The normalized spacial score (nSPS) is 10.8. The Kier molecular flexibility index (Phi) is 6.37. The van der Waals surface area contributed by atoms with E-state index >= 15 is 0 Å². The first-order valence-electron chi connectivity index (χ1n) is 6.46. The molecule has 2 N–H and O–H groups in total. The summed E-state index contributed by atoms with van der Waals surface area (Å²) >= 11 is 0. The van der Waals surface area contributed by atoms with Gasteiger partial charge < -0.3 is 10.3 Å². The summed E-state index contributed by atoms with van der Waals surface area (Å²) in [6, 6.07) is 0.251. The second-order valence-corrected chi connectivity index (χ2v) is 4.67. The van der Waals surface area contributed by atoms with Gasteiger partial charge in [0.1, 0.15) is 5.82 Å². The van der Waals surface area contributed by atoms with Gasteiger partial charge in [0.25, 0.3) is 0 Å². The number of carbonyl (C=O) groups is 1. The maximum absolute atomic E-state index is 11.3. The van der Waals surface area contributed by atoms with Crippen molar-refractivity contribution in [3.63, 3.8) is 0 Å². The largest absolute Gasteiger partial charge is 0.354 e. The highest BCUT2D eigenvalue weighted by Crippen LogP contribution is 2.06. The van der Waals surface area contributed by atoms with Crippen molar-refractivity contribution in [3.05, 3.63) is 18.2 Å². The molecule has 0 bridgehead atoms. The number of unbranched alkanes of at least 4 members (excludes halogenated alkanes) is 3. The van der Waals surface area contributed by atoms with Gasteiger partial charge in [-0.1, -0.05) is 12.8 Å². The molecule has 0 aliphatic rings. The van der Waals surface area contributed by atoms with Crippen molar-refractivity contribution in [2.45, 2.75) is 58.4 Å². The monoisotopic (exact) mass is 237 g/mol. The van der Waals surface area contributed by atoms with Gasteiger partial charge in [0.2, 0.25) is 5.91 Å². The number of H-pyrrole nitrogens is 1. The Bertz CT molecular complexity index is 306. The summed E-state index contributed by atoms with van der Waals surface area (Å²) in [4.78, 5) is 18.6. The Morgan fingerprint density at radius 1 is 1.35 bits per heavy atom. The fourth-order valence-electron chi connectivity index (χ4n) is 1.76. The first-order chi connectivity index (χ1) is 8.18. The van der Waals surface area contributed by atoms with E-state index in [1.54, 1.807) is 6.20 Å². The summed E-state index contributed by atoms with van der Waals surface area (Å²) in [5.74, 6) is 1.23. The highest BCUT2D eigenvalue weighted by Gasteiger charge is 2.02. The predicted molar refractivity (Wildman–Crippen MR) is 68.7 cm³/mol. The second-order valence-electron chi connectivity index (χ2n) is 4.67. The molecule has 1 aromatic rings. The lowest BCUT2D eigenvalue weighted by molar-refractivity contribution is -0.121. The van der Waals surface area contributed by atoms with Crippen LogP contribution < -0.4 is 5.32 Å². The van der Waals surface area contributed by atoms with Crippen LogP contribution in [0.2, 0.25) is 0 Å². The molecule has 17 heavy (non-hydrogen) atoms. The number of hydrogen-bond donors (Lipinski definition) is 2. The Balaban J connectivity index is 1.92. The molecule has 96 valence electrons. The Hall–Kier alpha value is -1.32. The number of amides is 1. The SMILES string of the molecule is CC(C)NC(=O)CCCCCCc1ncc[nH]1. The van der Waals surface area contributed by atoms with Crippen LogP contribution in [0.25, 0.3) is 0 Å². The van der Waals surface area contributed by atoms with Crippen LogP contribution in [0.15, 0.2) is 12.4 Å². The minimum atomic E-state index is 0.172. The Morgan fingerprint density at radius 2 is 2.12 bits per heavy atom. The molecule has 0 fully saturated rings. The summed E-state index contributed by atoms with van der Waals surface area (Å²) < 4.78 is 0. The lowest BCUT2D eigenvalue weighted by Crippen LogP contribution is -2.29. The molecule has 1 heterocycles. The molecule has 0 saturated heterocycles. The number of rotatable bonds is 8. The van der Waals surface area contributed by atoms with E-state index in [-0.39, 0.29) is 11.9 Å². The minimum Gasteiger partial charge on any atom is -0.354 e. The fraction of sp³-hybridized carbons (Fsp3) is 0.692. The number of nitrogens with zero attached hydrogens (tertiary/aromatic N) is 1. The van der Waals surface area contributed by atoms with Gasteiger partial charge in [-0.25, -0.2) is 4.98 Å². The van der Waals surface area contributed by atoms with E-state index < -0.39 is 0 Å². The molecule has 0 radical (unpaired) electrons. The van der Waals surface area contributed by atoms with Crippen LogP contribution in [-0.4, -0.2) is 21.9 Å². The van der Waals surface area contributed by atoms with Crippen LogP contribution >= 0.6 is 0 Å². The molecule has 1 aromatic heterocycles. The summed E-state index contributed by atoms with van der Waals surface area (Å²) in [5.41, 5.74) is 0. The van der Waals surface area contributed by atoms with Crippen molar-refractivity contribution in [1.82, 2.24) is 15.3 Å². The summed E-state index contributed by atoms with van der Waals surface area (Å²) in [6.45, 7) is 3.97. The van der Waals surface area contributed by atoms with Crippen LogP contribution in [0.3, 0.4) is 0 Å². The van der Waals surface area contributed by atoms with Gasteiger partial charge >= 0.3 is 0 Å². The third kappa shape index (κ3) is 6.76. The van der Waals surface area contributed by atoms with Crippen molar-refractivity contribution in [2.75, 3.05) is 0 Å². The van der Waals surface area contributed by atoms with Gasteiger partial charge in [-0.2, -0.15) is 0 Å². The van der Waals surface area contributed by atoms with Gasteiger partial charge in [0.05, 0.1) is 0 Å². The van der Waals surface area contributed by atoms with Gasteiger partial charge in [0.15, 0.2) is 0 Å². The maximum Gasteiger partial charge on any atom is 0.220 e. The fourth-order valence-corrected chi connectivity index (χ4v) is 1.76. The molecule has 1 rings (SSSR count). The first-order valence-corrected chi connectivity index (χ1v) is 6.46.